The van der Waals surface area contributed by atoms with Crippen molar-refractivity contribution < 1.29 is 19.4 Å². The van der Waals surface area contributed by atoms with Gasteiger partial charge in [0.2, 0.25) is 0 Å². The van der Waals surface area contributed by atoms with E-state index in [-0.39, 0.29) is 12.5 Å². The molecule has 0 spiro atoms. The lowest BCUT2D eigenvalue weighted by Gasteiger charge is -2.32. The molecule has 1 saturated heterocycles. The van der Waals surface area contributed by atoms with Crippen LogP contribution in [0.5, 0.6) is 0 Å². The molecule has 1 aliphatic rings. The summed E-state index contributed by atoms with van der Waals surface area (Å²) in [6, 6.07) is 0.991. The Balaban J connectivity index is 2.23. The minimum Gasteiger partial charge on any atom is -0.480 e. The fraction of sp³-hybridized carbons (Fsp3) is 0.538. The molecule has 104 valence electrons. The van der Waals surface area contributed by atoms with Crippen molar-refractivity contribution in [2.45, 2.75) is 26.3 Å². The number of nitrogens with zero attached hydrogens (tertiary/aromatic N) is 1. The van der Waals surface area contributed by atoms with Crippen LogP contribution < -0.4 is 0 Å². The maximum Gasteiger partial charge on any atom is 0.328 e. The molecule has 1 atom stereocenters. The normalized spacial score (nSPS) is 19.5. The second-order valence-electron chi connectivity index (χ2n) is 4.47. The third-order valence-corrected chi connectivity index (χ3v) is 4.37. The zero-order valence-electron chi connectivity index (χ0n) is 11.0. The van der Waals surface area contributed by atoms with Gasteiger partial charge in [0.05, 0.1) is 18.1 Å². The summed E-state index contributed by atoms with van der Waals surface area (Å²) < 4.78 is 5.14. The van der Waals surface area contributed by atoms with E-state index in [1.807, 2.05) is 19.9 Å². The third kappa shape index (κ3) is 2.79. The number of hydrogen-bond acceptors (Lipinski definition) is 4. The van der Waals surface area contributed by atoms with Gasteiger partial charge >= 0.3 is 5.97 Å². The van der Waals surface area contributed by atoms with Crippen LogP contribution in [0, 0.1) is 6.92 Å². The Morgan fingerprint density at radius 2 is 2.32 bits per heavy atom. The first-order valence-corrected chi connectivity index (χ1v) is 7.07. The van der Waals surface area contributed by atoms with Gasteiger partial charge in [0.15, 0.2) is 6.04 Å². The topological polar surface area (TPSA) is 66.8 Å². The van der Waals surface area contributed by atoms with Gasteiger partial charge in [-0.15, -0.1) is 11.3 Å². The van der Waals surface area contributed by atoms with E-state index in [9.17, 15) is 9.59 Å². The average Bonchev–Trinajstić information content (AvgIpc) is 2.79. The number of rotatable bonds is 3. The molecule has 0 radical (unpaired) electrons. The van der Waals surface area contributed by atoms with Crippen molar-refractivity contribution in [3.63, 3.8) is 0 Å². The number of carbonyl (C=O) groups is 2. The zero-order chi connectivity index (χ0) is 14.0. The summed E-state index contributed by atoms with van der Waals surface area (Å²) >= 11 is 1.43. The molecule has 6 heteroatoms. The highest BCUT2D eigenvalue weighted by molar-refractivity contribution is 7.14. The van der Waals surface area contributed by atoms with Crippen molar-refractivity contribution in [1.29, 1.82) is 0 Å². The predicted molar refractivity (Wildman–Crippen MR) is 71.7 cm³/mol. The summed E-state index contributed by atoms with van der Waals surface area (Å²) in [5.41, 5.74) is 1.15. The third-order valence-electron chi connectivity index (χ3n) is 3.29. The first kappa shape index (κ1) is 14.0. The van der Waals surface area contributed by atoms with Gasteiger partial charge in [0, 0.05) is 11.4 Å². The van der Waals surface area contributed by atoms with Crippen molar-refractivity contribution >= 4 is 23.2 Å². The summed E-state index contributed by atoms with van der Waals surface area (Å²) in [7, 11) is 0. The highest BCUT2D eigenvalue weighted by Crippen LogP contribution is 2.24. The Kier molecular flexibility index (Phi) is 4.21. The fourth-order valence-electron chi connectivity index (χ4n) is 2.17. The van der Waals surface area contributed by atoms with Gasteiger partial charge in [-0.1, -0.05) is 6.92 Å². The van der Waals surface area contributed by atoms with E-state index in [4.69, 9.17) is 9.84 Å². The SMILES string of the molecule is CCc1cc(C(=O)N2CCOCC2C(=O)O)sc1C. The van der Waals surface area contributed by atoms with E-state index in [0.29, 0.717) is 18.0 Å². The molecule has 0 aromatic carbocycles. The van der Waals surface area contributed by atoms with Gasteiger partial charge in [-0.25, -0.2) is 4.79 Å². The Morgan fingerprint density at radius 1 is 1.58 bits per heavy atom. The van der Waals surface area contributed by atoms with Crippen LogP contribution in [0.2, 0.25) is 0 Å². The van der Waals surface area contributed by atoms with Gasteiger partial charge in [-0.2, -0.15) is 0 Å². The Morgan fingerprint density at radius 3 is 2.89 bits per heavy atom. The quantitative estimate of drug-likeness (QED) is 0.914. The highest BCUT2D eigenvalue weighted by Gasteiger charge is 2.33. The minimum absolute atomic E-state index is 0.0616. The van der Waals surface area contributed by atoms with E-state index >= 15 is 0 Å². The Labute approximate surface area is 115 Å². The number of hydrogen-bond donors (Lipinski definition) is 1. The standard InChI is InChI=1S/C13H17NO4S/c1-3-9-6-11(19-8(9)2)12(15)14-4-5-18-7-10(14)13(16)17/h6,10H,3-5,7H2,1-2H3,(H,16,17). The van der Waals surface area contributed by atoms with E-state index < -0.39 is 12.0 Å². The van der Waals surface area contributed by atoms with E-state index in [1.165, 1.54) is 16.2 Å². The van der Waals surface area contributed by atoms with Crippen molar-refractivity contribution in [2.75, 3.05) is 19.8 Å². The lowest BCUT2D eigenvalue weighted by atomic mass is 10.2. The fourth-order valence-corrected chi connectivity index (χ4v) is 3.24. The lowest BCUT2D eigenvalue weighted by molar-refractivity contribution is -0.147. The molecule has 1 amide bonds. The summed E-state index contributed by atoms with van der Waals surface area (Å²) in [6.07, 6.45) is 0.876. The van der Waals surface area contributed by atoms with Crippen LogP contribution in [0.15, 0.2) is 6.07 Å². The molecule has 1 unspecified atom stereocenters. The summed E-state index contributed by atoms with van der Waals surface area (Å²) in [4.78, 5) is 26.7. The number of morpholine rings is 1. The molecule has 2 heterocycles. The van der Waals surface area contributed by atoms with Gasteiger partial charge in [0.25, 0.3) is 5.91 Å². The predicted octanol–water partition coefficient (Wildman–Crippen LogP) is 1.54. The number of amides is 1. The molecule has 1 aromatic rings. The molecule has 0 aliphatic carbocycles. The van der Waals surface area contributed by atoms with Crippen LogP contribution in [-0.4, -0.2) is 47.7 Å². The van der Waals surface area contributed by atoms with E-state index in [0.717, 1.165) is 16.9 Å². The first-order valence-electron chi connectivity index (χ1n) is 6.25. The molecule has 0 bridgehead atoms. The molecule has 1 aliphatic heterocycles. The average molecular weight is 283 g/mol. The molecule has 1 fully saturated rings. The summed E-state index contributed by atoms with van der Waals surface area (Å²) in [5, 5.41) is 9.14. The molecule has 5 nitrogen and oxygen atoms in total. The lowest BCUT2D eigenvalue weighted by Crippen LogP contribution is -2.52. The number of carboxylic acid groups (broad SMARTS) is 1. The molecule has 1 N–H and O–H groups in total. The number of aryl methyl sites for hydroxylation is 2. The van der Waals surface area contributed by atoms with Crippen LogP contribution in [0.1, 0.15) is 27.0 Å². The molecule has 19 heavy (non-hydrogen) atoms. The molecule has 2 rings (SSSR count). The largest absolute Gasteiger partial charge is 0.480 e. The number of carboxylic acids is 1. The number of ether oxygens (including phenoxy) is 1. The monoisotopic (exact) mass is 283 g/mol. The van der Waals surface area contributed by atoms with Crippen LogP contribution in [-0.2, 0) is 16.0 Å². The van der Waals surface area contributed by atoms with Crippen LogP contribution in [0.3, 0.4) is 0 Å². The minimum atomic E-state index is -1.02. The van der Waals surface area contributed by atoms with Crippen LogP contribution in [0.4, 0.5) is 0 Å². The van der Waals surface area contributed by atoms with Gasteiger partial charge in [0.1, 0.15) is 0 Å². The first-order chi connectivity index (χ1) is 9.04. The van der Waals surface area contributed by atoms with Gasteiger partial charge in [-0.3, -0.25) is 4.79 Å². The van der Waals surface area contributed by atoms with Gasteiger partial charge < -0.3 is 14.7 Å². The van der Waals surface area contributed by atoms with Gasteiger partial charge in [-0.05, 0) is 25.0 Å². The smallest absolute Gasteiger partial charge is 0.328 e. The number of thiophene rings is 1. The summed E-state index contributed by atoms with van der Waals surface area (Å²) in [5.74, 6) is -1.22. The highest BCUT2D eigenvalue weighted by atomic mass is 32.1. The molecule has 1 aromatic heterocycles. The van der Waals surface area contributed by atoms with Crippen LogP contribution >= 0.6 is 11.3 Å². The Hall–Kier alpha value is -1.40. The number of carbonyl (C=O) groups excluding carboxylic acids is 1. The maximum atomic E-state index is 12.4. The zero-order valence-corrected chi connectivity index (χ0v) is 11.8. The van der Waals surface area contributed by atoms with Crippen molar-refractivity contribution in [1.82, 2.24) is 4.90 Å². The van der Waals surface area contributed by atoms with Crippen LogP contribution in [0.25, 0.3) is 0 Å². The van der Waals surface area contributed by atoms with Crippen molar-refractivity contribution in [3.05, 3.63) is 21.4 Å². The molecular formula is C13H17NO4S. The summed E-state index contributed by atoms with van der Waals surface area (Å²) in [6.45, 7) is 4.80. The molecule has 0 saturated carbocycles. The molecular weight excluding hydrogens is 266 g/mol. The second kappa shape index (κ2) is 5.71. The van der Waals surface area contributed by atoms with Crippen molar-refractivity contribution in [3.8, 4) is 0 Å². The Bertz CT molecular complexity index is 497. The van der Waals surface area contributed by atoms with Crippen molar-refractivity contribution in [2.24, 2.45) is 0 Å². The van der Waals surface area contributed by atoms with E-state index in [1.54, 1.807) is 0 Å². The van der Waals surface area contributed by atoms with E-state index in [2.05, 4.69) is 0 Å². The maximum absolute atomic E-state index is 12.4. The number of aliphatic carboxylic acids is 1. The second-order valence-corrected chi connectivity index (χ2v) is 5.73.